The molecule has 5 rings (SSSR count). The molecule has 0 spiro atoms. The molecule has 1 aliphatic carbocycles. The van der Waals surface area contributed by atoms with Crippen LogP contribution in [-0.2, 0) is 9.59 Å². The average Bonchev–Trinajstić information content (AvgIpc) is 3.30. The molecule has 0 saturated heterocycles. The quantitative estimate of drug-likeness (QED) is 0.421. The number of hydrogen-bond donors (Lipinski definition) is 0. The summed E-state index contributed by atoms with van der Waals surface area (Å²) >= 11 is 6.18. The summed E-state index contributed by atoms with van der Waals surface area (Å²) < 4.78 is 2.15. The second kappa shape index (κ2) is 9.67. The molecule has 1 unspecified atom stereocenters. The summed E-state index contributed by atoms with van der Waals surface area (Å²) in [6.07, 6.45) is 6.88. The van der Waals surface area contributed by atoms with Crippen molar-refractivity contribution in [3.8, 4) is 5.69 Å². The van der Waals surface area contributed by atoms with Crippen molar-refractivity contribution in [3.63, 3.8) is 0 Å². The highest BCUT2D eigenvalue weighted by atomic mass is 35.5. The van der Waals surface area contributed by atoms with E-state index in [4.69, 9.17) is 11.6 Å². The van der Waals surface area contributed by atoms with Gasteiger partial charge in [0.15, 0.2) is 0 Å². The van der Waals surface area contributed by atoms with Crippen LogP contribution in [0.25, 0.3) is 5.69 Å². The van der Waals surface area contributed by atoms with Crippen LogP contribution >= 0.6 is 11.6 Å². The van der Waals surface area contributed by atoms with Gasteiger partial charge in [-0.2, -0.15) is 0 Å². The molecule has 1 atom stereocenters. The molecule has 1 aliphatic heterocycles. The van der Waals surface area contributed by atoms with Crippen molar-refractivity contribution in [1.82, 2.24) is 9.47 Å². The lowest BCUT2D eigenvalue weighted by Gasteiger charge is -2.40. The zero-order valence-electron chi connectivity index (χ0n) is 19.5. The molecule has 6 heteroatoms. The smallest absolute Gasteiger partial charge is 0.247 e. The Morgan fingerprint density at radius 1 is 1.00 bits per heavy atom. The summed E-state index contributed by atoms with van der Waals surface area (Å²) in [6, 6.07) is 19.4. The maximum Gasteiger partial charge on any atom is 0.247 e. The van der Waals surface area contributed by atoms with Crippen molar-refractivity contribution in [2.45, 2.75) is 45.1 Å². The first-order valence-corrected chi connectivity index (χ1v) is 12.6. The maximum atomic E-state index is 14.0. The first kappa shape index (κ1) is 22.7. The van der Waals surface area contributed by atoms with Crippen molar-refractivity contribution in [3.05, 3.63) is 83.1 Å². The van der Waals surface area contributed by atoms with Gasteiger partial charge in [0, 0.05) is 23.7 Å². The number of nitrogens with zero attached hydrogens (tertiary/aromatic N) is 3. The van der Waals surface area contributed by atoms with E-state index in [9.17, 15) is 9.59 Å². The van der Waals surface area contributed by atoms with E-state index in [1.54, 1.807) is 4.90 Å². The summed E-state index contributed by atoms with van der Waals surface area (Å²) in [5.74, 6) is 0.135. The number of benzene rings is 2. The molecule has 1 saturated carbocycles. The van der Waals surface area contributed by atoms with E-state index in [2.05, 4.69) is 17.6 Å². The van der Waals surface area contributed by atoms with Gasteiger partial charge in [0.05, 0.1) is 17.1 Å². The van der Waals surface area contributed by atoms with Gasteiger partial charge < -0.3 is 9.47 Å². The van der Waals surface area contributed by atoms with E-state index >= 15 is 0 Å². The third kappa shape index (κ3) is 4.14. The van der Waals surface area contributed by atoms with Crippen LogP contribution in [0.2, 0.25) is 5.02 Å². The largest absolute Gasteiger partial charge is 0.333 e. The van der Waals surface area contributed by atoms with Crippen molar-refractivity contribution in [1.29, 1.82) is 0 Å². The number of carbonyl (C=O) groups excluding carboxylic acids is 2. The van der Waals surface area contributed by atoms with Crippen molar-refractivity contribution >= 4 is 29.1 Å². The van der Waals surface area contributed by atoms with E-state index in [0.29, 0.717) is 11.6 Å². The molecule has 2 heterocycles. The van der Waals surface area contributed by atoms with E-state index in [1.807, 2.05) is 65.7 Å². The van der Waals surface area contributed by atoms with Crippen molar-refractivity contribution in [2.75, 3.05) is 18.0 Å². The Hall–Kier alpha value is -3.05. The fraction of sp³-hybridized carbons (Fsp3) is 0.357. The van der Waals surface area contributed by atoms with Gasteiger partial charge in [0.2, 0.25) is 11.8 Å². The Bertz CT molecular complexity index is 1180. The van der Waals surface area contributed by atoms with Crippen LogP contribution in [0, 0.1) is 5.92 Å². The van der Waals surface area contributed by atoms with Crippen LogP contribution in [-0.4, -0.2) is 34.4 Å². The van der Waals surface area contributed by atoms with E-state index in [-0.39, 0.29) is 30.3 Å². The summed E-state index contributed by atoms with van der Waals surface area (Å²) in [5.41, 5.74) is 3.81. The highest BCUT2D eigenvalue weighted by Gasteiger charge is 2.38. The maximum absolute atomic E-state index is 14.0. The molecule has 3 aromatic rings. The molecule has 1 aromatic heterocycles. The first-order chi connectivity index (χ1) is 16.6. The zero-order valence-corrected chi connectivity index (χ0v) is 20.2. The predicted molar refractivity (Wildman–Crippen MR) is 135 cm³/mol. The number of para-hydroxylation sites is 2. The number of aromatic nitrogens is 1. The lowest BCUT2D eigenvalue weighted by atomic mass is 9.84. The minimum absolute atomic E-state index is 0.0661. The second-order valence-corrected chi connectivity index (χ2v) is 9.69. The SMILES string of the molecule is CCCCN(CC(=O)N1c2ccccc2-n2cccc2C1c1ccc(Cl)cc1)C(=O)C1CCC1. The molecule has 176 valence electrons. The number of rotatable bonds is 7. The lowest BCUT2D eigenvalue weighted by Crippen LogP contribution is -2.48. The molecule has 1 fully saturated rings. The van der Waals surface area contributed by atoms with Gasteiger partial charge in [0.1, 0.15) is 12.6 Å². The van der Waals surface area contributed by atoms with Crippen LogP contribution in [0.5, 0.6) is 0 Å². The summed E-state index contributed by atoms with van der Waals surface area (Å²) in [7, 11) is 0. The Kier molecular flexibility index (Phi) is 6.46. The van der Waals surface area contributed by atoms with Gasteiger partial charge in [-0.05, 0) is 61.2 Å². The Balaban J connectivity index is 1.54. The number of amides is 2. The molecule has 0 N–H and O–H groups in total. The van der Waals surface area contributed by atoms with Crippen LogP contribution in [0.4, 0.5) is 5.69 Å². The van der Waals surface area contributed by atoms with Crippen LogP contribution in [0.15, 0.2) is 66.9 Å². The van der Waals surface area contributed by atoms with E-state index in [1.165, 1.54) is 0 Å². The van der Waals surface area contributed by atoms with Gasteiger partial charge in [-0.3, -0.25) is 14.5 Å². The highest BCUT2D eigenvalue weighted by Crippen LogP contribution is 2.42. The summed E-state index contributed by atoms with van der Waals surface area (Å²) in [4.78, 5) is 30.9. The number of hydrogen-bond acceptors (Lipinski definition) is 2. The number of carbonyl (C=O) groups is 2. The number of halogens is 1. The van der Waals surface area contributed by atoms with Gasteiger partial charge in [-0.25, -0.2) is 0 Å². The third-order valence-corrected chi connectivity index (χ3v) is 7.30. The van der Waals surface area contributed by atoms with Gasteiger partial charge in [-0.15, -0.1) is 0 Å². The highest BCUT2D eigenvalue weighted by molar-refractivity contribution is 6.30. The van der Waals surface area contributed by atoms with E-state index in [0.717, 1.165) is 54.7 Å². The Labute approximate surface area is 205 Å². The standard InChI is InChI=1S/C28H30ClN3O2/c1-2-3-17-30(28(34)21-8-6-9-21)19-26(33)32-24-11-5-4-10-23(24)31-18-7-12-25(31)27(32)20-13-15-22(29)16-14-20/h4-5,7,10-16,18,21,27H,2-3,6,8-9,17,19H2,1H3. The second-order valence-electron chi connectivity index (χ2n) is 9.25. The van der Waals surface area contributed by atoms with Crippen LogP contribution in [0.3, 0.4) is 0 Å². The van der Waals surface area contributed by atoms with Crippen molar-refractivity contribution in [2.24, 2.45) is 5.92 Å². The summed E-state index contributed by atoms with van der Waals surface area (Å²) in [5, 5.41) is 0.657. The topological polar surface area (TPSA) is 45.6 Å². The number of fused-ring (bicyclic) bond motifs is 3. The van der Waals surface area contributed by atoms with Crippen LogP contribution < -0.4 is 4.90 Å². The molecular formula is C28H30ClN3O2. The molecule has 0 radical (unpaired) electrons. The van der Waals surface area contributed by atoms with E-state index < -0.39 is 0 Å². The van der Waals surface area contributed by atoms with Gasteiger partial charge in [0.25, 0.3) is 0 Å². The number of anilines is 1. The van der Waals surface area contributed by atoms with Crippen molar-refractivity contribution < 1.29 is 9.59 Å². The fourth-order valence-corrected chi connectivity index (χ4v) is 5.12. The predicted octanol–water partition coefficient (Wildman–Crippen LogP) is 6.00. The van der Waals surface area contributed by atoms with Gasteiger partial charge in [-0.1, -0.05) is 55.6 Å². The lowest BCUT2D eigenvalue weighted by molar-refractivity contribution is -0.141. The average molecular weight is 476 g/mol. The zero-order chi connectivity index (χ0) is 23.7. The molecule has 2 amide bonds. The minimum atomic E-state index is -0.304. The molecule has 2 aromatic carbocycles. The Morgan fingerprint density at radius 2 is 1.74 bits per heavy atom. The van der Waals surface area contributed by atoms with Gasteiger partial charge >= 0.3 is 0 Å². The van der Waals surface area contributed by atoms with Crippen LogP contribution in [0.1, 0.15) is 56.3 Å². The molecule has 5 nitrogen and oxygen atoms in total. The molecule has 2 aliphatic rings. The fourth-order valence-electron chi connectivity index (χ4n) is 4.99. The molecular weight excluding hydrogens is 446 g/mol. The molecule has 34 heavy (non-hydrogen) atoms. The first-order valence-electron chi connectivity index (χ1n) is 12.2. The third-order valence-electron chi connectivity index (χ3n) is 7.05. The molecule has 0 bridgehead atoms. The Morgan fingerprint density at radius 3 is 2.41 bits per heavy atom. The normalized spacial score (nSPS) is 17.0. The monoisotopic (exact) mass is 475 g/mol. The minimum Gasteiger partial charge on any atom is -0.333 e. The summed E-state index contributed by atoms with van der Waals surface area (Å²) in [6.45, 7) is 2.82. The number of unbranched alkanes of at least 4 members (excludes halogenated alkanes) is 1.